The minimum absolute atomic E-state index is 0.00407. The van der Waals surface area contributed by atoms with Crippen molar-refractivity contribution < 1.29 is 23.6 Å². The summed E-state index contributed by atoms with van der Waals surface area (Å²) in [4.78, 5) is 40.8. The van der Waals surface area contributed by atoms with Crippen molar-refractivity contribution in [1.82, 2.24) is 5.06 Å². The molecule has 0 bridgehead atoms. The number of benzene rings is 2. The third kappa shape index (κ3) is 2.61. The lowest BCUT2D eigenvalue weighted by molar-refractivity contribution is -0.167. The summed E-state index contributed by atoms with van der Waals surface area (Å²) in [6.07, 6.45) is -0.481. The van der Waals surface area contributed by atoms with E-state index < -0.39 is 30.0 Å². The molecular weight excluding hydrogens is 315 g/mol. The molecule has 0 spiro atoms. The van der Waals surface area contributed by atoms with Crippen LogP contribution >= 0.6 is 0 Å². The number of rotatable bonds is 3. The van der Waals surface area contributed by atoms with Gasteiger partial charge in [0.25, 0.3) is 11.8 Å². The third-order valence-corrected chi connectivity index (χ3v) is 3.47. The van der Waals surface area contributed by atoms with Crippen LogP contribution in [0, 0.1) is 17.1 Å². The van der Waals surface area contributed by atoms with Gasteiger partial charge in [-0.2, -0.15) is 5.26 Å². The number of hydrogen-bond donors (Lipinski definition) is 0. The zero-order valence-electron chi connectivity index (χ0n) is 12.2. The number of nitriles is 1. The Kier molecular flexibility index (Phi) is 3.80. The van der Waals surface area contributed by atoms with E-state index in [0.717, 1.165) is 6.07 Å². The zero-order valence-corrected chi connectivity index (χ0v) is 12.2. The monoisotopic (exact) mass is 324 g/mol. The Hall–Kier alpha value is -3.53. The predicted octanol–water partition coefficient (Wildman–Crippen LogP) is 1.99. The van der Waals surface area contributed by atoms with Crippen molar-refractivity contribution in [3.05, 3.63) is 70.5 Å². The molecule has 6 nitrogen and oxygen atoms in total. The summed E-state index contributed by atoms with van der Waals surface area (Å²) >= 11 is 0. The molecule has 3 rings (SSSR count). The Bertz CT molecular complexity index is 882. The van der Waals surface area contributed by atoms with Gasteiger partial charge in [0.2, 0.25) is 0 Å². The van der Waals surface area contributed by atoms with Gasteiger partial charge in [0, 0.05) is 0 Å². The first-order valence-electron chi connectivity index (χ1n) is 6.88. The van der Waals surface area contributed by atoms with Gasteiger partial charge in [-0.3, -0.25) is 9.59 Å². The first kappa shape index (κ1) is 15.4. The molecule has 0 radical (unpaired) electrons. The average Bonchev–Trinajstić information content (AvgIpc) is 2.82. The largest absolute Gasteiger partial charge is 0.337 e. The van der Waals surface area contributed by atoms with Gasteiger partial charge in [-0.25, -0.2) is 9.18 Å². The van der Waals surface area contributed by atoms with Crippen LogP contribution in [0.15, 0.2) is 42.5 Å². The maximum Gasteiger partial charge on any atom is 0.337 e. The molecule has 0 aliphatic carbocycles. The van der Waals surface area contributed by atoms with E-state index in [2.05, 4.69) is 0 Å². The fourth-order valence-corrected chi connectivity index (χ4v) is 2.30. The van der Waals surface area contributed by atoms with Crippen LogP contribution in [0.4, 0.5) is 4.39 Å². The minimum atomic E-state index is -0.965. The van der Waals surface area contributed by atoms with Crippen LogP contribution in [0.3, 0.4) is 0 Å². The standard InChI is InChI=1S/C17H9FN2O4/c18-14-7-10(9-19)5-6-11(14)8-15(21)24-20-16(22)12-3-1-2-4-13(12)17(20)23/h1-7H,8H2. The number of hydrogen-bond acceptors (Lipinski definition) is 5. The fourth-order valence-electron chi connectivity index (χ4n) is 2.30. The van der Waals surface area contributed by atoms with Crippen molar-refractivity contribution in [2.24, 2.45) is 0 Å². The van der Waals surface area contributed by atoms with E-state index in [4.69, 9.17) is 10.1 Å². The summed E-state index contributed by atoms with van der Waals surface area (Å²) in [5.41, 5.74) is 0.389. The van der Waals surface area contributed by atoms with Crippen LogP contribution in [0.5, 0.6) is 0 Å². The topological polar surface area (TPSA) is 87.5 Å². The van der Waals surface area contributed by atoms with Crippen molar-refractivity contribution in [2.75, 3.05) is 0 Å². The van der Waals surface area contributed by atoms with E-state index >= 15 is 0 Å². The molecule has 1 aliphatic rings. The van der Waals surface area contributed by atoms with Gasteiger partial charge in [-0.1, -0.05) is 23.3 Å². The smallest absolute Gasteiger partial charge is 0.329 e. The highest BCUT2D eigenvalue weighted by molar-refractivity contribution is 6.20. The molecule has 7 heteroatoms. The normalized spacial score (nSPS) is 12.8. The number of carbonyl (C=O) groups excluding carboxylic acids is 3. The second kappa shape index (κ2) is 5.93. The third-order valence-electron chi connectivity index (χ3n) is 3.47. The van der Waals surface area contributed by atoms with Crippen molar-refractivity contribution in [3.63, 3.8) is 0 Å². The molecule has 118 valence electrons. The van der Waals surface area contributed by atoms with Gasteiger partial charge in [-0.05, 0) is 29.8 Å². The molecule has 0 saturated carbocycles. The van der Waals surface area contributed by atoms with Crippen molar-refractivity contribution >= 4 is 17.8 Å². The highest BCUT2D eigenvalue weighted by atomic mass is 19.1. The SMILES string of the molecule is N#Cc1ccc(CC(=O)ON2C(=O)c3ccccc3C2=O)c(F)c1. The van der Waals surface area contributed by atoms with E-state index in [9.17, 15) is 18.8 Å². The number of imide groups is 1. The van der Waals surface area contributed by atoms with E-state index in [-0.39, 0.29) is 22.3 Å². The minimum Gasteiger partial charge on any atom is -0.329 e. The van der Waals surface area contributed by atoms with Gasteiger partial charge in [-0.15, -0.1) is 0 Å². The van der Waals surface area contributed by atoms with Gasteiger partial charge < -0.3 is 4.84 Å². The van der Waals surface area contributed by atoms with Gasteiger partial charge in [0.15, 0.2) is 0 Å². The maximum absolute atomic E-state index is 13.8. The molecule has 24 heavy (non-hydrogen) atoms. The Morgan fingerprint density at radius 2 is 1.75 bits per heavy atom. The molecular formula is C17H9FN2O4. The predicted molar refractivity (Wildman–Crippen MR) is 77.9 cm³/mol. The lowest BCUT2D eigenvalue weighted by Crippen LogP contribution is -2.33. The lowest BCUT2D eigenvalue weighted by atomic mass is 10.1. The number of fused-ring (bicyclic) bond motifs is 1. The van der Waals surface area contributed by atoms with Crippen LogP contribution in [0.1, 0.15) is 31.8 Å². The average molecular weight is 324 g/mol. The van der Waals surface area contributed by atoms with Gasteiger partial charge in [0.1, 0.15) is 5.82 Å². The van der Waals surface area contributed by atoms with Crippen LogP contribution in [-0.4, -0.2) is 22.8 Å². The van der Waals surface area contributed by atoms with Crippen molar-refractivity contribution in [3.8, 4) is 6.07 Å². The number of halogens is 1. The second-order valence-electron chi connectivity index (χ2n) is 5.01. The Balaban J connectivity index is 1.74. The fraction of sp³-hybridized carbons (Fsp3) is 0.0588. The van der Waals surface area contributed by atoms with Crippen molar-refractivity contribution in [2.45, 2.75) is 6.42 Å². The van der Waals surface area contributed by atoms with Crippen molar-refractivity contribution in [1.29, 1.82) is 5.26 Å². The quantitative estimate of drug-likeness (QED) is 0.806. The Morgan fingerprint density at radius 3 is 2.29 bits per heavy atom. The van der Waals surface area contributed by atoms with E-state index in [1.54, 1.807) is 18.2 Å². The van der Waals surface area contributed by atoms with Crippen LogP contribution in [0.25, 0.3) is 0 Å². The molecule has 2 amide bonds. The number of nitrogens with zero attached hydrogens (tertiary/aromatic N) is 2. The molecule has 0 aromatic heterocycles. The molecule has 1 aliphatic heterocycles. The summed E-state index contributed by atoms with van der Waals surface area (Å²) < 4.78 is 13.8. The Labute approximate surface area is 135 Å². The number of carbonyl (C=O) groups is 3. The molecule has 0 N–H and O–H groups in total. The molecule has 0 unspecified atom stereocenters. The number of amides is 2. The highest BCUT2D eigenvalue weighted by Gasteiger charge is 2.38. The van der Waals surface area contributed by atoms with Gasteiger partial charge >= 0.3 is 5.97 Å². The van der Waals surface area contributed by atoms with Gasteiger partial charge in [0.05, 0.1) is 29.2 Å². The van der Waals surface area contributed by atoms with Crippen LogP contribution < -0.4 is 0 Å². The maximum atomic E-state index is 13.8. The van der Waals surface area contributed by atoms with E-state index in [0.29, 0.717) is 5.06 Å². The summed E-state index contributed by atoms with van der Waals surface area (Å²) in [6, 6.07) is 11.5. The highest BCUT2D eigenvalue weighted by Crippen LogP contribution is 2.23. The zero-order chi connectivity index (χ0) is 17.3. The lowest BCUT2D eigenvalue weighted by Gasteiger charge is -2.12. The molecule has 2 aromatic carbocycles. The van der Waals surface area contributed by atoms with Crippen LogP contribution in [0.2, 0.25) is 0 Å². The van der Waals surface area contributed by atoms with E-state index in [1.807, 2.05) is 0 Å². The molecule has 0 atom stereocenters. The first-order chi connectivity index (χ1) is 11.5. The molecule has 0 fully saturated rings. The van der Waals surface area contributed by atoms with Crippen LogP contribution in [-0.2, 0) is 16.1 Å². The summed E-state index contributed by atoms with van der Waals surface area (Å²) in [6.45, 7) is 0. The Morgan fingerprint density at radius 1 is 1.12 bits per heavy atom. The first-order valence-corrected chi connectivity index (χ1v) is 6.88. The van der Waals surface area contributed by atoms with E-state index in [1.165, 1.54) is 24.3 Å². The summed E-state index contributed by atoms with van der Waals surface area (Å²) in [5, 5.41) is 9.05. The molecule has 2 aromatic rings. The summed E-state index contributed by atoms with van der Waals surface area (Å²) in [5.74, 6) is -3.20. The number of hydroxylamine groups is 2. The summed E-state index contributed by atoms with van der Waals surface area (Å²) in [7, 11) is 0. The molecule has 1 heterocycles. The second-order valence-corrected chi connectivity index (χ2v) is 5.01. The molecule has 0 saturated heterocycles.